The summed E-state index contributed by atoms with van der Waals surface area (Å²) in [6.45, 7) is 0. The number of nitrogens with zero attached hydrogens (tertiary/aromatic N) is 2. The second kappa shape index (κ2) is 13.1. The zero-order valence-electron chi connectivity index (χ0n) is 31.1. The fourth-order valence-corrected chi connectivity index (χ4v) is 9.61. The quantitative estimate of drug-likeness (QED) is 0.169. The van der Waals surface area contributed by atoms with Crippen molar-refractivity contribution >= 4 is 92.4 Å². The number of hydrogen-bond donors (Lipinski definition) is 0. The minimum Gasteiger partial charge on any atom is -0.456 e. The zero-order valence-corrected chi connectivity index (χ0v) is 31.9. The summed E-state index contributed by atoms with van der Waals surface area (Å²) in [5, 5.41) is 6.84. The number of benzene rings is 9. The van der Waals surface area contributed by atoms with Crippen LogP contribution in [0.15, 0.2) is 203 Å². The number of hydrogen-bond acceptors (Lipinski definition) is 5. The highest BCUT2D eigenvalue weighted by Crippen LogP contribution is 2.48. The van der Waals surface area contributed by atoms with Crippen LogP contribution in [0.1, 0.15) is 0 Å². The third kappa shape index (κ3) is 5.32. The van der Waals surface area contributed by atoms with Gasteiger partial charge in [-0.15, -0.1) is 11.3 Å². The number of anilines is 3. The monoisotopic (exact) mass is 760 g/mol. The fraction of sp³-hybridized carbons (Fsp3) is 0. The third-order valence-corrected chi connectivity index (χ3v) is 12.4. The number of fused-ring (bicyclic) bond motifs is 9. The van der Waals surface area contributed by atoms with Gasteiger partial charge >= 0.3 is 0 Å². The highest BCUT2D eigenvalue weighted by atomic mass is 32.1. The number of thiophene rings is 1. The molecule has 0 aliphatic heterocycles. The molecule has 0 fully saturated rings. The predicted molar refractivity (Wildman–Crippen MR) is 243 cm³/mol. The van der Waals surface area contributed by atoms with Gasteiger partial charge in [0.15, 0.2) is 5.58 Å². The van der Waals surface area contributed by atoms with Crippen molar-refractivity contribution in [3.8, 4) is 33.7 Å². The first kappa shape index (κ1) is 32.7. The number of oxazole rings is 1. The van der Waals surface area contributed by atoms with E-state index in [4.69, 9.17) is 13.8 Å². The van der Waals surface area contributed by atoms with E-state index in [9.17, 15) is 0 Å². The Hall–Kier alpha value is -7.47. The summed E-state index contributed by atoms with van der Waals surface area (Å²) in [6.07, 6.45) is 0. The SMILES string of the molecule is c1ccc(-c2cccc(N(c3ccc(-c4ccc5ccccc5c4)cc3)c3cc4sc5ccccc5c4c4nc(-c5ccc6oc7ccccc7c6c5)oc34)c2)cc1. The van der Waals surface area contributed by atoms with Gasteiger partial charge in [-0.3, -0.25) is 0 Å². The number of rotatable bonds is 6. The summed E-state index contributed by atoms with van der Waals surface area (Å²) in [5.41, 5.74) is 11.7. The van der Waals surface area contributed by atoms with Crippen molar-refractivity contribution in [1.29, 1.82) is 0 Å². The van der Waals surface area contributed by atoms with Crippen LogP contribution in [0.3, 0.4) is 0 Å². The predicted octanol–water partition coefficient (Wildman–Crippen LogP) is 15.7. The Morgan fingerprint density at radius 2 is 1.10 bits per heavy atom. The average molecular weight is 761 g/mol. The van der Waals surface area contributed by atoms with Crippen LogP contribution in [-0.2, 0) is 0 Å². The first-order chi connectivity index (χ1) is 28.7. The molecule has 0 saturated carbocycles. The van der Waals surface area contributed by atoms with E-state index >= 15 is 0 Å². The van der Waals surface area contributed by atoms with Crippen LogP contribution in [0, 0.1) is 0 Å². The maximum atomic E-state index is 7.04. The smallest absolute Gasteiger partial charge is 0.227 e. The molecule has 0 atom stereocenters. The second-order valence-electron chi connectivity index (χ2n) is 14.7. The third-order valence-electron chi connectivity index (χ3n) is 11.3. The molecule has 58 heavy (non-hydrogen) atoms. The zero-order chi connectivity index (χ0) is 38.2. The van der Waals surface area contributed by atoms with Crippen LogP contribution >= 0.6 is 11.3 Å². The largest absolute Gasteiger partial charge is 0.456 e. The molecule has 12 aromatic rings. The Kier molecular flexibility index (Phi) is 7.37. The number of furan rings is 1. The lowest BCUT2D eigenvalue weighted by molar-refractivity contribution is 0.620. The van der Waals surface area contributed by atoms with Crippen molar-refractivity contribution in [2.75, 3.05) is 4.90 Å². The van der Waals surface area contributed by atoms with Crippen LogP contribution in [0.5, 0.6) is 0 Å². The summed E-state index contributed by atoms with van der Waals surface area (Å²) in [6, 6.07) is 68.6. The number of para-hydroxylation sites is 1. The first-order valence-electron chi connectivity index (χ1n) is 19.4. The molecule has 0 unspecified atom stereocenters. The van der Waals surface area contributed by atoms with Crippen molar-refractivity contribution in [3.63, 3.8) is 0 Å². The van der Waals surface area contributed by atoms with Crippen molar-refractivity contribution in [2.24, 2.45) is 0 Å². The number of aromatic nitrogens is 1. The van der Waals surface area contributed by atoms with E-state index in [1.54, 1.807) is 11.3 Å². The van der Waals surface area contributed by atoms with Gasteiger partial charge in [0.2, 0.25) is 5.89 Å². The van der Waals surface area contributed by atoms with Gasteiger partial charge in [-0.2, -0.15) is 0 Å². The van der Waals surface area contributed by atoms with E-state index < -0.39 is 0 Å². The lowest BCUT2D eigenvalue weighted by atomic mass is 10.0. The molecule has 0 bridgehead atoms. The highest BCUT2D eigenvalue weighted by Gasteiger charge is 2.25. The van der Waals surface area contributed by atoms with E-state index in [1.165, 1.54) is 26.4 Å². The highest BCUT2D eigenvalue weighted by molar-refractivity contribution is 7.26. The maximum absolute atomic E-state index is 7.04. The molecule has 9 aromatic carbocycles. The summed E-state index contributed by atoms with van der Waals surface area (Å²) in [4.78, 5) is 7.69. The second-order valence-corrected chi connectivity index (χ2v) is 15.8. The molecule has 0 spiro atoms. The van der Waals surface area contributed by atoms with Gasteiger partial charge in [-0.05, 0) is 99.8 Å². The molecule has 4 nitrogen and oxygen atoms in total. The molecule has 0 saturated heterocycles. The molecule has 3 heterocycles. The molecule has 12 rings (SSSR count). The Morgan fingerprint density at radius 1 is 0.414 bits per heavy atom. The van der Waals surface area contributed by atoms with Crippen molar-refractivity contribution in [2.45, 2.75) is 0 Å². The van der Waals surface area contributed by atoms with E-state index in [2.05, 4.69) is 169 Å². The molecule has 0 aliphatic carbocycles. The molecule has 5 heteroatoms. The molecule has 3 aromatic heterocycles. The summed E-state index contributed by atoms with van der Waals surface area (Å²) >= 11 is 1.79. The normalized spacial score (nSPS) is 11.8. The van der Waals surface area contributed by atoms with Crippen LogP contribution in [0.25, 0.3) is 97.7 Å². The van der Waals surface area contributed by atoms with Gasteiger partial charge in [0.05, 0.1) is 5.69 Å². The molecular weight excluding hydrogens is 729 g/mol. The summed E-state index contributed by atoms with van der Waals surface area (Å²) in [5.74, 6) is 0.566. The molecular formula is C53H32N2O2S. The minimum atomic E-state index is 0.566. The summed E-state index contributed by atoms with van der Waals surface area (Å²) in [7, 11) is 0. The standard InChI is InChI=1S/C53H32N2O2S/c1-2-11-33(12-3-1)37-15-10-16-41(30-37)55(40-26-23-35(24-27-40)38-22-21-34-13-4-5-14-36(34)29-38)45-32-49-50(43-18-7-9-20-48(43)58-49)51-52(45)57-53(54-51)39-25-28-47-44(31-39)42-17-6-8-19-46(42)56-47/h1-32H. The van der Waals surface area contributed by atoms with Crippen molar-refractivity contribution < 1.29 is 8.83 Å². The minimum absolute atomic E-state index is 0.566. The van der Waals surface area contributed by atoms with Crippen LogP contribution in [0.2, 0.25) is 0 Å². The Morgan fingerprint density at radius 3 is 2.00 bits per heavy atom. The van der Waals surface area contributed by atoms with Crippen LogP contribution < -0.4 is 4.90 Å². The molecule has 272 valence electrons. The molecule has 0 radical (unpaired) electrons. The van der Waals surface area contributed by atoms with Gasteiger partial charge in [0, 0.05) is 47.9 Å². The van der Waals surface area contributed by atoms with Gasteiger partial charge in [-0.25, -0.2) is 4.98 Å². The van der Waals surface area contributed by atoms with E-state index in [0.29, 0.717) is 5.89 Å². The fourth-order valence-electron chi connectivity index (χ4n) is 8.47. The van der Waals surface area contributed by atoms with Gasteiger partial charge < -0.3 is 13.7 Å². The van der Waals surface area contributed by atoms with Crippen molar-refractivity contribution in [3.05, 3.63) is 194 Å². The first-order valence-corrected chi connectivity index (χ1v) is 20.2. The van der Waals surface area contributed by atoms with Gasteiger partial charge in [0.25, 0.3) is 0 Å². The van der Waals surface area contributed by atoms with Crippen LogP contribution in [-0.4, -0.2) is 4.98 Å². The lowest BCUT2D eigenvalue weighted by Gasteiger charge is -2.26. The Bertz CT molecular complexity index is 3520. The topological polar surface area (TPSA) is 42.4 Å². The summed E-state index contributed by atoms with van der Waals surface area (Å²) < 4.78 is 15.6. The van der Waals surface area contributed by atoms with E-state index in [0.717, 1.165) is 82.4 Å². The molecule has 0 N–H and O–H groups in total. The van der Waals surface area contributed by atoms with E-state index in [1.807, 2.05) is 30.3 Å². The Balaban J connectivity index is 1.09. The molecule has 0 amide bonds. The maximum Gasteiger partial charge on any atom is 0.227 e. The van der Waals surface area contributed by atoms with Gasteiger partial charge in [-0.1, -0.05) is 127 Å². The van der Waals surface area contributed by atoms with Crippen molar-refractivity contribution in [1.82, 2.24) is 4.98 Å². The van der Waals surface area contributed by atoms with Crippen LogP contribution in [0.4, 0.5) is 17.1 Å². The Labute approximate surface area is 337 Å². The van der Waals surface area contributed by atoms with E-state index in [-0.39, 0.29) is 0 Å². The van der Waals surface area contributed by atoms with Gasteiger partial charge in [0.1, 0.15) is 16.7 Å². The molecule has 0 aliphatic rings. The lowest BCUT2D eigenvalue weighted by Crippen LogP contribution is -2.10. The average Bonchev–Trinajstić information content (AvgIpc) is 4.00.